The van der Waals surface area contributed by atoms with E-state index in [1.165, 1.54) is 0 Å². The number of aliphatic hydroxyl groups excluding tert-OH is 2. The monoisotopic (exact) mass is 448 g/mol. The molecule has 0 amide bonds. The highest BCUT2D eigenvalue weighted by Gasteiger charge is 2.43. The standard InChI is InChI=1S/C26H40O6/c1-14(2)24(15(3)4)26(30)32-22-12-18(27)10-17-7-6-16(5)21(25(17)22)9-8-20-11-19(28)13-23(29)31-20/h6-7,10,14-16,18-22,24-25,27-28H,8-9,11-13H2,1-5H3/t16-,18-,19-,20-,21+,22+,25+/m1/s1. The predicted molar refractivity (Wildman–Crippen MR) is 121 cm³/mol. The van der Waals surface area contributed by atoms with Gasteiger partial charge in [0, 0.05) is 18.8 Å². The number of ether oxygens (including phenoxy) is 2. The molecule has 0 unspecified atom stereocenters. The lowest BCUT2D eigenvalue weighted by Gasteiger charge is -2.43. The van der Waals surface area contributed by atoms with Gasteiger partial charge in [0.15, 0.2) is 0 Å². The molecule has 1 fully saturated rings. The molecular formula is C26H40O6. The third-order valence-corrected chi connectivity index (χ3v) is 7.41. The summed E-state index contributed by atoms with van der Waals surface area (Å²) >= 11 is 0. The van der Waals surface area contributed by atoms with E-state index in [0.29, 0.717) is 19.3 Å². The van der Waals surface area contributed by atoms with Gasteiger partial charge in [-0.15, -0.1) is 0 Å². The van der Waals surface area contributed by atoms with Gasteiger partial charge in [-0.3, -0.25) is 9.59 Å². The van der Waals surface area contributed by atoms with Crippen LogP contribution in [0.25, 0.3) is 0 Å². The molecule has 1 aliphatic heterocycles. The number of hydrogen-bond acceptors (Lipinski definition) is 6. The fourth-order valence-corrected chi connectivity index (χ4v) is 5.94. The third kappa shape index (κ3) is 5.82. The minimum absolute atomic E-state index is 0.00606. The fourth-order valence-electron chi connectivity index (χ4n) is 5.94. The van der Waals surface area contributed by atoms with Crippen molar-refractivity contribution in [3.05, 3.63) is 23.8 Å². The van der Waals surface area contributed by atoms with Crippen molar-refractivity contribution in [1.29, 1.82) is 0 Å². The highest BCUT2D eigenvalue weighted by Crippen LogP contribution is 2.44. The highest BCUT2D eigenvalue weighted by atomic mass is 16.6. The minimum atomic E-state index is -0.636. The lowest BCUT2D eigenvalue weighted by Crippen LogP contribution is -2.44. The molecule has 0 spiro atoms. The van der Waals surface area contributed by atoms with Crippen LogP contribution in [0.4, 0.5) is 0 Å². The van der Waals surface area contributed by atoms with Crippen LogP contribution in [-0.2, 0) is 19.1 Å². The summed E-state index contributed by atoms with van der Waals surface area (Å²) in [5.41, 5.74) is 1.02. The molecule has 180 valence electrons. The van der Waals surface area contributed by atoms with E-state index in [1.54, 1.807) is 0 Å². The Bertz CT molecular complexity index is 731. The molecule has 0 aromatic rings. The van der Waals surface area contributed by atoms with Crippen LogP contribution in [0.5, 0.6) is 0 Å². The molecule has 32 heavy (non-hydrogen) atoms. The molecule has 7 atom stereocenters. The van der Waals surface area contributed by atoms with Gasteiger partial charge in [-0.1, -0.05) is 52.8 Å². The van der Waals surface area contributed by atoms with E-state index in [0.717, 1.165) is 12.0 Å². The molecule has 0 aromatic heterocycles. The molecule has 2 aliphatic carbocycles. The number of cyclic esters (lactones) is 1. The Morgan fingerprint density at radius 1 is 1.16 bits per heavy atom. The van der Waals surface area contributed by atoms with Crippen molar-refractivity contribution >= 4 is 11.9 Å². The smallest absolute Gasteiger partial charge is 0.309 e. The number of allylic oxidation sites excluding steroid dienone is 2. The quantitative estimate of drug-likeness (QED) is 0.576. The first-order chi connectivity index (χ1) is 15.1. The van der Waals surface area contributed by atoms with Crippen LogP contribution in [0.3, 0.4) is 0 Å². The number of hydrogen-bond donors (Lipinski definition) is 2. The van der Waals surface area contributed by atoms with Crippen molar-refractivity contribution in [2.75, 3.05) is 0 Å². The molecule has 0 radical (unpaired) electrons. The largest absolute Gasteiger partial charge is 0.462 e. The Hall–Kier alpha value is -1.66. The van der Waals surface area contributed by atoms with E-state index < -0.39 is 12.2 Å². The summed E-state index contributed by atoms with van der Waals surface area (Å²) in [7, 11) is 0. The molecule has 3 rings (SSSR count). The number of rotatable bonds is 7. The van der Waals surface area contributed by atoms with Gasteiger partial charge in [-0.05, 0) is 42.1 Å². The number of esters is 2. The zero-order valence-corrected chi connectivity index (χ0v) is 20.1. The SMILES string of the molecule is CC(C)C(C(=O)O[C@H]1C[C@H](O)C=C2C=C[C@@H](C)[C@H](CC[C@@H]3C[C@@H](O)CC(=O)O3)[C@H]21)C(C)C. The van der Waals surface area contributed by atoms with Crippen LogP contribution in [0.15, 0.2) is 23.8 Å². The van der Waals surface area contributed by atoms with E-state index in [4.69, 9.17) is 9.47 Å². The van der Waals surface area contributed by atoms with Crippen LogP contribution >= 0.6 is 0 Å². The zero-order valence-electron chi connectivity index (χ0n) is 20.1. The van der Waals surface area contributed by atoms with E-state index in [1.807, 2.05) is 33.8 Å². The summed E-state index contributed by atoms with van der Waals surface area (Å²) in [4.78, 5) is 24.8. The molecular weight excluding hydrogens is 408 g/mol. The fraction of sp³-hybridized carbons (Fsp3) is 0.769. The summed E-state index contributed by atoms with van der Waals surface area (Å²) in [6.07, 6.45) is 6.56. The molecule has 1 heterocycles. The first-order valence-corrected chi connectivity index (χ1v) is 12.2. The zero-order chi connectivity index (χ0) is 23.6. The second-order valence-electron chi connectivity index (χ2n) is 10.6. The second kappa shape index (κ2) is 10.5. The molecule has 2 N–H and O–H groups in total. The van der Waals surface area contributed by atoms with Gasteiger partial charge in [0.25, 0.3) is 0 Å². The average Bonchev–Trinajstić information content (AvgIpc) is 2.66. The number of carbonyl (C=O) groups is 2. The molecule has 3 aliphatic rings. The highest BCUT2D eigenvalue weighted by molar-refractivity contribution is 5.73. The van der Waals surface area contributed by atoms with Crippen LogP contribution in [0.2, 0.25) is 0 Å². The Morgan fingerprint density at radius 3 is 2.47 bits per heavy atom. The van der Waals surface area contributed by atoms with E-state index in [2.05, 4.69) is 19.1 Å². The Balaban J connectivity index is 1.77. The Morgan fingerprint density at radius 2 is 1.84 bits per heavy atom. The van der Waals surface area contributed by atoms with Crippen molar-refractivity contribution in [1.82, 2.24) is 0 Å². The van der Waals surface area contributed by atoms with Gasteiger partial charge in [0.2, 0.25) is 0 Å². The lowest BCUT2D eigenvalue weighted by atomic mass is 9.66. The van der Waals surface area contributed by atoms with Gasteiger partial charge >= 0.3 is 11.9 Å². The maximum atomic E-state index is 13.1. The molecule has 1 saturated heterocycles. The summed E-state index contributed by atoms with van der Waals surface area (Å²) in [6.45, 7) is 10.3. The summed E-state index contributed by atoms with van der Waals surface area (Å²) in [5.74, 6) is 0.130. The summed E-state index contributed by atoms with van der Waals surface area (Å²) in [5, 5.41) is 20.4. The van der Waals surface area contributed by atoms with E-state index in [9.17, 15) is 19.8 Å². The molecule has 0 aromatic carbocycles. The first-order valence-electron chi connectivity index (χ1n) is 12.2. The van der Waals surface area contributed by atoms with Crippen LogP contribution < -0.4 is 0 Å². The average molecular weight is 449 g/mol. The molecule has 6 heteroatoms. The van der Waals surface area contributed by atoms with Gasteiger partial charge in [0.1, 0.15) is 12.2 Å². The summed E-state index contributed by atoms with van der Waals surface area (Å²) < 4.78 is 11.6. The van der Waals surface area contributed by atoms with Crippen molar-refractivity contribution in [2.24, 2.45) is 35.5 Å². The Kier molecular flexibility index (Phi) is 8.21. The first kappa shape index (κ1) is 25.0. The topological polar surface area (TPSA) is 93.1 Å². The van der Waals surface area contributed by atoms with Crippen molar-refractivity contribution < 1.29 is 29.3 Å². The van der Waals surface area contributed by atoms with Crippen molar-refractivity contribution in [3.8, 4) is 0 Å². The lowest BCUT2D eigenvalue weighted by molar-refractivity contribution is -0.165. The Labute approximate surface area is 192 Å². The van der Waals surface area contributed by atoms with Crippen LogP contribution in [0, 0.1) is 35.5 Å². The number of carbonyl (C=O) groups excluding carboxylic acids is 2. The van der Waals surface area contributed by atoms with Crippen LogP contribution in [0.1, 0.15) is 66.7 Å². The van der Waals surface area contributed by atoms with E-state index in [-0.39, 0.29) is 66.1 Å². The maximum Gasteiger partial charge on any atom is 0.309 e. The maximum absolute atomic E-state index is 13.1. The normalized spacial score (nSPS) is 35.0. The van der Waals surface area contributed by atoms with Crippen LogP contribution in [-0.4, -0.2) is 46.6 Å². The third-order valence-electron chi connectivity index (χ3n) is 7.41. The molecule has 6 nitrogen and oxygen atoms in total. The predicted octanol–water partition coefficient (Wildman–Crippen LogP) is 3.80. The van der Waals surface area contributed by atoms with Gasteiger partial charge < -0.3 is 19.7 Å². The van der Waals surface area contributed by atoms with Gasteiger partial charge in [0.05, 0.1) is 24.5 Å². The minimum Gasteiger partial charge on any atom is -0.462 e. The van der Waals surface area contributed by atoms with Crippen molar-refractivity contribution in [3.63, 3.8) is 0 Å². The number of aliphatic hydroxyl groups is 2. The second-order valence-corrected chi connectivity index (χ2v) is 10.6. The van der Waals surface area contributed by atoms with Crippen molar-refractivity contribution in [2.45, 2.75) is 91.1 Å². The van der Waals surface area contributed by atoms with Gasteiger partial charge in [-0.25, -0.2) is 0 Å². The number of fused-ring (bicyclic) bond motifs is 1. The molecule has 0 bridgehead atoms. The molecule has 0 saturated carbocycles. The van der Waals surface area contributed by atoms with E-state index >= 15 is 0 Å². The summed E-state index contributed by atoms with van der Waals surface area (Å²) in [6, 6.07) is 0. The van der Waals surface area contributed by atoms with Gasteiger partial charge in [-0.2, -0.15) is 0 Å².